The Balaban J connectivity index is 1.60. The first-order chi connectivity index (χ1) is 12.4. The van der Waals surface area contributed by atoms with Crippen LogP contribution in [0.1, 0.15) is 32.3 Å². The van der Waals surface area contributed by atoms with Crippen LogP contribution in [0.4, 0.5) is 4.79 Å². The average molecular weight is 359 g/mol. The number of nitrogens with zero attached hydrogens (tertiary/aromatic N) is 1. The van der Waals surface area contributed by atoms with Gasteiger partial charge in [-0.05, 0) is 31.4 Å². The van der Waals surface area contributed by atoms with E-state index in [2.05, 4.69) is 10.6 Å². The fraction of sp³-hybridized carbons (Fsp3) is 0.526. The predicted octanol–water partition coefficient (Wildman–Crippen LogP) is 1.60. The van der Waals surface area contributed by atoms with Crippen LogP contribution in [0, 0.1) is 12.8 Å². The minimum absolute atomic E-state index is 0.0693. The third kappa shape index (κ3) is 3.66. The second kappa shape index (κ2) is 7.35. The summed E-state index contributed by atoms with van der Waals surface area (Å²) < 4.78 is 5.26. The highest BCUT2D eigenvalue weighted by molar-refractivity contribution is 5.97. The quantitative estimate of drug-likeness (QED) is 0.855. The van der Waals surface area contributed by atoms with Gasteiger partial charge < -0.3 is 20.3 Å². The molecule has 2 saturated heterocycles. The zero-order valence-electron chi connectivity index (χ0n) is 15.3. The molecular formula is C19H25N3O4. The van der Waals surface area contributed by atoms with Gasteiger partial charge in [0, 0.05) is 6.54 Å². The molecule has 0 saturated carbocycles. The van der Waals surface area contributed by atoms with Crippen LogP contribution in [0.15, 0.2) is 24.3 Å². The largest absolute Gasteiger partial charge is 0.412 e. The monoisotopic (exact) mass is 359 g/mol. The van der Waals surface area contributed by atoms with Crippen LogP contribution in [0.25, 0.3) is 0 Å². The molecule has 0 aromatic heterocycles. The smallest absolute Gasteiger partial charge is 0.410 e. The van der Waals surface area contributed by atoms with Crippen molar-refractivity contribution in [3.05, 3.63) is 29.8 Å². The lowest BCUT2D eigenvalue weighted by Gasteiger charge is -2.36. The van der Waals surface area contributed by atoms with Gasteiger partial charge in [-0.15, -0.1) is 0 Å². The van der Waals surface area contributed by atoms with Crippen LogP contribution < -0.4 is 15.4 Å². The molecule has 7 heteroatoms. The molecule has 0 unspecified atom stereocenters. The van der Waals surface area contributed by atoms with E-state index in [-0.39, 0.29) is 23.8 Å². The van der Waals surface area contributed by atoms with Crippen molar-refractivity contribution in [3.63, 3.8) is 0 Å². The van der Waals surface area contributed by atoms with E-state index < -0.39 is 18.2 Å². The average Bonchev–Trinajstić information content (AvgIpc) is 3.04. The Hall–Kier alpha value is -2.57. The molecule has 3 amide bonds. The van der Waals surface area contributed by atoms with Crippen molar-refractivity contribution in [2.24, 2.45) is 5.92 Å². The van der Waals surface area contributed by atoms with E-state index in [1.807, 2.05) is 32.9 Å². The Bertz CT molecular complexity index is 703. The fourth-order valence-corrected chi connectivity index (χ4v) is 3.45. The van der Waals surface area contributed by atoms with Gasteiger partial charge in [-0.25, -0.2) is 4.79 Å². The van der Waals surface area contributed by atoms with Crippen molar-refractivity contribution in [2.45, 2.75) is 51.7 Å². The number of hydrogen-bond donors (Lipinski definition) is 2. The van der Waals surface area contributed by atoms with Gasteiger partial charge in [0.15, 0.2) is 0 Å². The van der Waals surface area contributed by atoms with E-state index in [4.69, 9.17) is 4.74 Å². The summed E-state index contributed by atoms with van der Waals surface area (Å²) in [6.07, 6.45) is 0.623. The maximum Gasteiger partial charge on any atom is 0.412 e. The lowest BCUT2D eigenvalue weighted by molar-refractivity contribution is -0.148. The minimum Gasteiger partial charge on any atom is -0.410 e. The standard InChI is InChI=1S/C19H25N3O4/c1-4-12(3)16-18(24)22-10-13(9-15(22)17(23)21-16)20-19(25)26-14-7-5-11(2)6-8-14/h5-8,12-13,15-16H,4,9-10H2,1-3H3,(H,20,25)(H,21,23)/t12-,13-,15-,16-/m0/s1. The van der Waals surface area contributed by atoms with E-state index >= 15 is 0 Å². The van der Waals surface area contributed by atoms with Crippen LogP contribution in [-0.2, 0) is 9.59 Å². The highest BCUT2D eigenvalue weighted by Crippen LogP contribution is 2.26. The number of fused-ring (bicyclic) bond motifs is 1. The second-order valence-corrected chi connectivity index (χ2v) is 7.16. The lowest BCUT2D eigenvalue weighted by Crippen LogP contribution is -2.62. The van der Waals surface area contributed by atoms with Crippen molar-refractivity contribution in [3.8, 4) is 5.75 Å². The van der Waals surface area contributed by atoms with Gasteiger partial charge in [0.2, 0.25) is 11.8 Å². The van der Waals surface area contributed by atoms with Crippen LogP contribution in [0.5, 0.6) is 5.75 Å². The summed E-state index contributed by atoms with van der Waals surface area (Å²) in [6.45, 7) is 6.22. The summed E-state index contributed by atoms with van der Waals surface area (Å²) in [5.74, 6) is 0.312. The minimum atomic E-state index is -0.579. The lowest BCUT2D eigenvalue weighted by atomic mass is 9.95. The van der Waals surface area contributed by atoms with Crippen molar-refractivity contribution in [1.29, 1.82) is 0 Å². The highest BCUT2D eigenvalue weighted by Gasteiger charge is 2.47. The molecule has 4 atom stereocenters. The molecule has 140 valence electrons. The first kappa shape index (κ1) is 18.2. The molecular weight excluding hydrogens is 334 g/mol. The number of carbonyl (C=O) groups is 3. The summed E-state index contributed by atoms with van der Waals surface area (Å²) in [5.41, 5.74) is 1.07. The van der Waals surface area contributed by atoms with Crippen LogP contribution in [-0.4, -0.2) is 47.5 Å². The number of nitrogens with one attached hydrogen (secondary N) is 2. The molecule has 0 bridgehead atoms. The predicted molar refractivity (Wildman–Crippen MR) is 95.6 cm³/mol. The molecule has 0 radical (unpaired) electrons. The van der Waals surface area contributed by atoms with E-state index in [1.165, 1.54) is 0 Å². The fourth-order valence-electron chi connectivity index (χ4n) is 3.45. The maximum absolute atomic E-state index is 12.7. The number of aryl methyl sites for hydroxylation is 1. The topological polar surface area (TPSA) is 87.7 Å². The van der Waals surface area contributed by atoms with Crippen molar-refractivity contribution < 1.29 is 19.1 Å². The van der Waals surface area contributed by atoms with Crippen LogP contribution in [0.2, 0.25) is 0 Å². The number of piperazine rings is 1. The summed E-state index contributed by atoms with van der Waals surface area (Å²) in [7, 11) is 0. The van der Waals surface area contributed by atoms with Crippen molar-refractivity contribution in [2.75, 3.05) is 6.54 Å². The summed E-state index contributed by atoms with van der Waals surface area (Å²) in [6, 6.07) is 5.85. The first-order valence-corrected chi connectivity index (χ1v) is 9.05. The van der Waals surface area contributed by atoms with Gasteiger partial charge in [-0.3, -0.25) is 9.59 Å². The molecule has 0 spiro atoms. The number of carbonyl (C=O) groups excluding carboxylic acids is 3. The molecule has 2 aliphatic heterocycles. The second-order valence-electron chi connectivity index (χ2n) is 7.16. The van der Waals surface area contributed by atoms with Gasteiger partial charge in [-0.2, -0.15) is 0 Å². The normalized spacial score (nSPS) is 26.1. The number of benzene rings is 1. The van der Waals surface area contributed by atoms with Crippen LogP contribution in [0.3, 0.4) is 0 Å². The Morgan fingerprint density at radius 3 is 2.69 bits per heavy atom. The summed E-state index contributed by atoms with van der Waals surface area (Å²) in [5, 5.41) is 5.60. The molecule has 7 nitrogen and oxygen atoms in total. The Kier molecular flexibility index (Phi) is 5.15. The van der Waals surface area contributed by atoms with Gasteiger partial charge in [-0.1, -0.05) is 38.0 Å². The molecule has 0 aliphatic carbocycles. The third-order valence-corrected chi connectivity index (χ3v) is 5.22. The Morgan fingerprint density at radius 2 is 2.04 bits per heavy atom. The number of hydrogen-bond acceptors (Lipinski definition) is 4. The van der Waals surface area contributed by atoms with Gasteiger partial charge in [0.25, 0.3) is 0 Å². The molecule has 2 fully saturated rings. The van der Waals surface area contributed by atoms with Gasteiger partial charge in [0.1, 0.15) is 17.8 Å². The maximum atomic E-state index is 12.7. The molecule has 3 rings (SSSR count). The van der Waals surface area contributed by atoms with Gasteiger partial charge in [0.05, 0.1) is 6.04 Å². The zero-order chi connectivity index (χ0) is 18.8. The Morgan fingerprint density at radius 1 is 1.35 bits per heavy atom. The van der Waals surface area contributed by atoms with Crippen LogP contribution >= 0.6 is 0 Å². The van der Waals surface area contributed by atoms with Gasteiger partial charge >= 0.3 is 6.09 Å². The first-order valence-electron chi connectivity index (χ1n) is 9.05. The van der Waals surface area contributed by atoms with Crippen molar-refractivity contribution in [1.82, 2.24) is 15.5 Å². The molecule has 2 N–H and O–H groups in total. The number of rotatable bonds is 4. The molecule has 26 heavy (non-hydrogen) atoms. The summed E-state index contributed by atoms with van der Waals surface area (Å²) in [4.78, 5) is 38.7. The molecule has 1 aromatic rings. The summed E-state index contributed by atoms with van der Waals surface area (Å²) >= 11 is 0. The van der Waals surface area contributed by atoms with E-state index in [0.29, 0.717) is 18.7 Å². The number of ether oxygens (including phenoxy) is 1. The van der Waals surface area contributed by atoms with E-state index in [1.54, 1.807) is 17.0 Å². The van der Waals surface area contributed by atoms with Crippen molar-refractivity contribution >= 4 is 17.9 Å². The molecule has 2 heterocycles. The Labute approximate surface area is 153 Å². The molecule has 2 aliphatic rings. The zero-order valence-corrected chi connectivity index (χ0v) is 15.3. The SMILES string of the molecule is CC[C@H](C)[C@@H]1NC(=O)[C@@H]2C[C@H](NC(=O)Oc3ccc(C)cc3)CN2C1=O. The number of amides is 3. The molecule has 1 aromatic carbocycles. The third-order valence-electron chi connectivity index (χ3n) is 5.22. The van der Waals surface area contributed by atoms with E-state index in [9.17, 15) is 14.4 Å². The van der Waals surface area contributed by atoms with E-state index in [0.717, 1.165) is 12.0 Å². The highest BCUT2D eigenvalue weighted by atomic mass is 16.6.